The van der Waals surface area contributed by atoms with Gasteiger partial charge in [0.15, 0.2) is 5.82 Å². The van der Waals surface area contributed by atoms with Gasteiger partial charge in [-0.05, 0) is 48.9 Å². The Morgan fingerprint density at radius 3 is 2.45 bits per heavy atom. The molecule has 31 heavy (non-hydrogen) atoms. The van der Waals surface area contributed by atoms with Gasteiger partial charge in [-0.3, -0.25) is 4.57 Å². The number of hydrogen-bond acceptors (Lipinski definition) is 4. The smallest absolute Gasteiger partial charge is 0.319 e. The fourth-order valence-electron chi connectivity index (χ4n) is 3.16. The van der Waals surface area contributed by atoms with E-state index < -0.39 is 6.55 Å². The van der Waals surface area contributed by atoms with Crippen LogP contribution >= 0.6 is 11.6 Å². The van der Waals surface area contributed by atoms with Crippen LogP contribution in [0.4, 0.5) is 14.6 Å². The van der Waals surface area contributed by atoms with Crippen molar-refractivity contribution in [3.05, 3.63) is 65.1 Å². The van der Waals surface area contributed by atoms with Crippen LogP contribution in [0.5, 0.6) is 0 Å². The van der Waals surface area contributed by atoms with E-state index in [-0.39, 0.29) is 10.8 Å². The molecule has 1 unspecified atom stereocenters. The highest BCUT2D eigenvalue weighted by Crippen LogP contribution is 2.30. The zero-order valence-electron chi connectivity index (χ0n) is 18.2. The van der Waals surface area contributed by atoms with E-state index in [0.29, 0.717) is 29.5 Å². The van der Waals surface area contributed by atoms with E-state index >= 15 is 0 Å². The second-order valence-corrected chi connectivity index (χ2v) is 7.26. The molecule has 8 heteroatoms. The molecule has 0 spiro atoms. The molecular formula is C23H30ClF2N5. The lowest BCUT2D eigenvalue weighted by Crippen LogP contribution is -2.19. The van der Waals surface area contributed by atoms with Crippen molar-refractivity contribution in [2.45, 2.75) is 59.2 Å². The zero-order valence-corrected chi connectivity index (χ0v) is 18.9. The summed E-state index contributed by atoms with van der Waals surface area (Å²) in [5.41, 5.74) is 7.91. The minimum absolute atomic E-state index is 0.0261. The van der Waals surface area contributed by atoms with Crippen LogP contribution in [-0.2, 0) is 6.54 Å². The number of allylic oxidation sites excluding steroid dienone is 1. The first-order chi connectivity index (χ1) is 15.0. The fourth-order valence-corrected chi connectivity index (χ4v) is 3.33. The Bertz CT molecular complexity index is 973. The normalized spacial score (nSPS) is 15.2. The third kappa shape index (κ3) is 7.01. The van der Waals surface area contributed by atoms with E-state index in [1.165, 1.54) is 19.0 Å². The van der Waals surface area contributed by atoms with Crippen LogP contribution < -0.4 is 11.1 Å². The molecule has 1 aliphatic rings. The summed E-state index contributed by atoms with van der Waals surface area (Å²) in [7, 11) is 0. The highest BCUT2D eigenvalue weighted by Gasteiger charge is 2.19. The summed E-state index contributed by atoms with van der Waals surface area (Å²) in [5, 5.41) is 3.09. The van der Waals surface area contributed by atoms with E-state index in [2.05, 4.69) is 27.4 Å². The number of benzene rings is 1. The largest absolute Gasteiger partial charge is 0.364 e. The summed E-state index contributed by atoms with van der Waals surface area (Å²) < 4.78 is 27.3. The van der Waals surface area contributed by atoms with Gasteiger partial charge in [-0.1, -0.05) is 56.3 Å². The molecule has 0 aliphatic heterocycles. The van der Waals surface area contributed by atoms with Crippen LogP contribution in [0.1, 0.15) is 50.8 Å². The summed E-state index contributed by atoms with van der Waals surface area (Å²) in [6, 6.07) is 10.0. The number of nitrogens with two attached hydrogens (primary N) is 1. The molecular weight excluding hydrogens is 420 g/mol. The maximum atomic E-state index is 13.2. The first-order valence-corrected chi connectivity index (χ1v) is 10.8. The van der Waals surface area contributed by atoms with Crippen molar-refractivity contribution >= 4 is 28.5 Å². The lowest BCUT2D eigenvalue weighted by Gasteiger charge is -2.10. The monoisotopic (exact) mass is 449 g/mol. The quantitative estimate of drug-likeness (QED) is 0.353. The van der Waals surface area contributed by atoms with E-state index in [0.717, 1.165) is 16.6 Å². The van der Waals surface area contributed by atoms with E-state index in [4.69, 9.17) is 17.3 Å². The number of aryl methyl sites for hydroxylation is 1. The van der Waals surface area contributed by atoms with E-state index in [9.17, 15) is 8.78 Å². The SMILES string of the molecule is CC.Cc1cn(C(F)F)c2c(NCc3ccccc3)nc(Cl)nc12.NC1CC=CCC1. The van der Waals surface area contributed by atoms with Gasteiger partial charge in [0.25, 0.3) is 0 Å². The Labute approximate surface area is 187 Å². The van der Waals surface area contributed by atoms with Crippen molar-refractivity contribution in [3.8, 4) is 0 Å². The minimum Gasteiger partial charge on any atom is -0.364 e. The summed E-state index contributed by atoms with van der Waals surface area (Å²) in [5.74, 6) is 0.298. The summed E-state index contributed by atoms with van der Waals surface area (Å²) in [6.45, 7) is 3.50. The average Bonchev–Trinajstić information content (AvgIpc) is 3.12. The molecule has 0 saturated heterocycles. The Balaban J connectivity index is 0.000000319. The molecule has 168 valence electrons. The second-order valence-electron chi connectivity index (χ2n) is 6.92. The highest BCUT2D eigenvalue weighted by atomic mass is 35.5. The number of aromatic nitrogens is 3. The Hall–Kier alpha value is -2.51. The van der Waals surface area contributed by atoms with Crippen molar-refractivity contribution in [2.75, 3.05) is 5.32 Å². The number of anilines is 1. The minimum atomic E-state index is -2.67. The topological polar surface area (TPSA) is 68.8 Å². The van der Waals surface area contributed by atoms with Crippen LogP contribution in [0, 0.1) is 6.92 Å². The molecule has 0 fully saturated rings. The van der Waals surface area contributed by atoms with Crippen LogP contribution in [0.15, 0.2) is 48.7 Å². The van der Waals surface area contributed by atoms with Gasteiger partial charge in [0.2, 0.25) is 5.28 Å². The molecule has 3 N–H and O–H groups in total. The molecule has 3 aromatic rings. The Morgan fingerprint density at radius 2 is 1.90 bits per heavy atom. The molecule has 1 aromatic carbocycles. The average molecular weight is 450 g/mol. The molecule has 5 nitrogen and oxygen atoms in total. The maximum Gasteiger partial charge on any atom is 0.319 e. The first kappa shape index (κ1) is 24.8. The number of nitrogens with one attached hydrogen (secondary N) is 1. The molecule has 4 rings (SSSR count). The maximum absolute atomic E-state index is 13.2. The van der Waals surface area contributed by atoms with Gasteiger partial charge in [0.05, 0.1) is 5.52 Å². The summed E-state index contributed by atoms with van der Waals surface area (Å²) >= 11 is 5.91. The molecule has 0 saturated carbocycles. The van der Waals surface area contributed by atoms with Gasteiger partial charge in [0.1, 0.15) is 5.52 Å². The molecule has 1 atom stereocenters. The van der Waals surface area contributed by atoms with Crippen LogP contribution in [0.2, 0.25) is 5.28 Å². The van der Waals surface area contributed by atoms with Crippen LogP contribution in [0.3, 0.4) is 0 Å². The third-order valence-electron chi connectivity index (χ3n) is 4.64. The van der Waals surface area contributed by atoms with Crippen molar-refractivity contribution in [1.29, 1.82) is 0 Å². The molecule has 0 bridgehead atoms. The van der Waals surface area contributed by atoms with Gasteiger partial charge in [-0.15, -0.1) is 0 Å². The van der Waals surface area contributed by atoms with Crippen molar-refractivity contribution < 1.29 is 8.78 Å². The lowest BCUT2D eigenvalue weighted by atomic mass is 10.0. The molecule has 2 aromatic heterocycles. The van der Waals surface area contributed by atoms with Crippen molar-refractivity contribution in [2.24, 2.45) is 5.73 Å². The number of alkyl halides is 2. The van der Waals surface area contributed by atoms with Gasteiger partial charge >= 0.3 is 6.55 Å². The number of nitrogens with zero attached hydrogens (tertiary/aromatic N) is 3. The lowest BCUT2D eigenvalue weighted by molar-refractivity contribution is 0.0751. The van der Waals surface area contributed by atoms with Crippen LogP contribution in [-0.4, -0.2) is 20.6 Å². The van der Waals surface area contributed by atoms with Gasteiger partial charge in [0, 0.05) is 18.8 Å². The molecule has 2 heterocycles. The summed E-state index contributed by atoms with van der Waals surface area (Å²) in [6.07, 6.45) is 9.16. The predicted molar refractivity (Wildman–Crippen MR) is 125 cm³/mol. The second kappa shape index (κ2) is 12.4. The van der Waals surface area contributed by atoms with Crippen molar-refractivity contribution in [1.82, 2.24) is 14.5 Å². The van der Waals surface area contributed by atoms with Gasteiger partial charge < -0.3 is 11.1 Å². The highest BCUT2D eigenvalue weighted by molar-refractivity contribution is 6.28. The fraction of sp³-hybridized carbons (Fsp3) is 0.391. The third-order valence-corrected chi connectivity index (χ3v) is 4.81. The molecule has 0 radical (unpaired) electrons. The number of hydrogen-bond donors (Lipinski definition) is 2. The standard InChI is InChI=1S/C15H13ClF2N4.C6H11N.C2H6/c1-9-8-22(15(17)18)12-11(9)20-14(16)21-13(12)19-7-10-5-3-2-4-6-10;7-6-4-2-1-3-5-6;1-2/h2-6,8,15H,7H2,1H3,(H,19,20,21);1-2,6H,3-5,7H2;1-2H3. The first-order valence-electron chi connectivity index (χ1n) is 10.5. The molecule has 0 amide bonds. The zero-order chi connectivity index (χ0) is 22.8. The number of rotatable bonds is 4. The van der Waals surface area contributed by atoms with Gasteiger partial charge in [-0.2, -0.15) is 13.8 Å². The van der Waals surface area contributed by atoms with E-state index in [1.807, 2.05) is 44.2 Å². The van der Waals surface area contributed by atoms with Gasteiger partial charge in [-0.25, -0.2) is 4.98 Å². The van der Waals surface area contributed by atoms with Crippen LogP contribution in [0.25, 0.3) is 11.0 Å². The Morgan fingerprint density at radius 1 is 1.19 bits per heavy atom. The van der Waals surface area contributed by atoms with E-state index in [1.54, 1.807) is 6.92 Å². The predicted octanol–water partition coefficient (Wildman–Crippen LogP) is 6.48. The number of halogens is 3. The molecule has 1 aliphatic carbocycles. The summed E-state index contributed by atoms with van der Waals surface area (Å²) in [4.78, 5) is 8.12. The van der Waals surface area contributed by atoms with Crippen molar-refractivity contribution in [3.63, 3.8) is 0 Å². The Kier molecular flexibility index (Phi) is 9.88. The number of fused-ring (bicyclic) bond motifs is 1.